The van der Waals surface area contributed by atoms with E-state index in [9.17, 15) is 4.79 Å². The minimum atomic E-state index is -0.980. The fourth-order valence-electron chi connectivity index (χ4n) is 1.81. The van der Waals surface area contributed by atoms with Crippen molar-refractivity contribution in [3.8, 4) is 0 Å². The SMILES string of the molecule is CCn1nc(C)c(Cl)c1CSc1ncccc1C(=O)O. The van der Waals surface area contributed by atoms with Crippen molar-refractivity contribution in [2.24, 2.45) is 0 Å². The summed E-state index contributed by atoms with van der Waals surface area (Å²) >= 11 is 7.58. The Bertz CT molecular complexity index is 643. The Balaban J connectivity index is 2.23. The molecule has 0 aliphatic rings. The molecule has 0 aromatic carbocycles. The summed E-state index contributed by atoms with van der Waals surface area (Å²) in [4.78, 5) is 15.2. The molecule has 2 rings (SSSR count). The molecule has 0 unspecified atom stereocenters. The van der Waals surface area contributed by atoms with Gasteiger partial charge in [0.1, 0.15) is 5.03 Å². The number of aryl methyl sites for hydroxylation is 2. The molecule has 0 saturated carbocycles. The zero-order valence-corrected chi connectivity index (χ0v) is 12.7. The Kier molecular flexibility index (Phi) is 4.67. The third-order valence-electron chi connectivity index (χ3n) is 2.80. The van der Waals surface area contributed by atoms with Crippen LogP contribution in [0.25, 0.3) is 0 Å². The predicted octanol–water partition coefficient (Wildman–Crippen LogP) is 3.25. The van der Waals surface area contributed by atoms with Crippen LogP contribution in [0.5, 0.6) is 0 Å². The van der Waals surface area contributed by atoms with E-state index in [1.54, 1.807) is 18.3 Å². The lowest BCUT2D eigenvalue weighted by Gasteiger charge is -2.06. The molecule has 0 radical (unpaired) electrons. The number of carboxylic acid groups (broad SMARTS) is 1. The molecule has 20 heavy (non-hydrogen) atoms. The highest BCUT2D eigenvalue weighted by atomic mass is 35.5. The molecule has 7 heteroatoms. The first-order valence-corrected chi connectivity index (χ1v) is 7.43. The molecule has 2 aromatic heterocycles. The third-order valence-corrected chi connectivity index (χ3v) is 4.31. The highest BCUT2D eigenvalue weighted by Crippen LogP contribution is 2.29. The Morgan fingerprint density at radius 2 is 2.30 bits per heavy atom. The van der Waals surface area contributed by atoms with Crippen molar-refractivity contribution in [3.63, 3.8) is 0 Å². The molecule has 0 aliphatic carbocycles. The fraction of sp³-hybridized carbons (Fsp3) is 0.308. The number of nitrogens with zero attached hydrogens (tertiary/aromatic N) is 3. The van der Waals surface area contributed by atoms with E-state index in [1.807, 2.05) is 18.5 Å². The minimum absolute atomic E-state index is 0.202. The number of hydrogen-bond donors (Lipinski definition) is 1. The first-order valence-electron chi connectivity index (χ1n) is 6.07. The predicted molar refractivity (Wildman–Crippen MR) is 78.4 cm³/mol. The second-order valence-electron chi connectivity index (χ2n) is 4.11. The molecular weight excluding hydrogens is 298 g/mol. The quantitative estimate of drug-likeness (QED) is 0.858. The van der Waals surface area contributed by atoms with E-state index in [-0.39, 0.29) is 5.56 Å². The van der Waals surface area contributed by atoms with Crippen LogP contribution in [-0.4, -0.2) is 25.8 Å². The Hall–Kier alpha value is -1.53. The number of pyridine rings is 1. The zero-order valence-electron chi connectivity index (χ0n) is 11.1. The molecule has 5 nitrogen and oxygen atoms in total. The maximum atomic E-state index is 11.1. The number of rotatable bonds is 5. The topological polar surface area (TPSA) is 68.0 Å². The maximum absolute atomic E-state index is 11.1. The van der Waals surface area contributed by atoms with Crippen molar-refractivity contribution in [2.75, 3.05) is 0 Å². The normalized spacial score (nSPS) is 10.8. The van der Waals surface area contributed by atoms with Gasteiger partial charge in [0, 0.05) is 18.5 Å². The number of carbonyl (C=O) groups is 1. The number of halogens is 1. The van der Waals surface area contributed by atoms with Crippen LogP contribution >= 0.6 is 23.4 Å². The molecular formula is C13H14ClN3O2S. The van der Waals surface area contributed by atoms with Crippen molar-refractivity contribution < 1.29 is 9.90 Å². The second-order valence-corrected chi connectivity index (χ2v) is 5.45. The van der Waals surface area contributed by atoms with Crippen LogP contribution < -0.4 is 0 Å². The van der Waals surface area contributed by atoms with E-state index in [0.717, 1.165) is 17.9 Å². The van der Waals surface area contributed by atoms with Gasteiger partial charge in [-0.1, -0.05) is 23.4 Å². The highest BCUT2D eigenvalue weighted by Gasteiger charge is 2.16. The second kappa shape index (κ2) is 6.28. The van der Waals surface area contributed by atoms with Crippen LogP contribution in [0.15, 0.2) is 23.4 Å². The van der Waals surface area contributed by atoms with Crippen LogP contribution in [0.2, 0.25) is 5.02 Å². The fourth-order valence-corrected chi connectivity index (χ4v) is 3.11. The largest absolute Gasteiger partial charge is 0.478 e. The number of thioether (sulfide) groups is 1. The standard InChI is InChI=1S/C13H14ClN3O2S/c1-3-17-10(11(14)8(2)16-17)7-20-12-9(13(18)19)5-4-6-15-12/h4-6H,3,7H2,1-2H3,(H,18,19). The summed E-state index contributed by atoms with van der Waals surface area (Å²) in [6.45, 7) is 4.56. The smallest absolute Gasteiger partial charge is 0.338 e. The summed E-state index contributed by atoms with van der Waals surface area (Å²) in [5.74, 6) is -0.447. The lowest BCUT2D eigenvalue weighted by molar-refractivity contribution is 0.0692. The van der Waals surface area contributed by atoms with E-state index >= 15 is 0 Å². The van der Waals surface area contributed by atoms with Gasteiger partial charge in [-0.05, 0) is 26.0 Å². The van der Waals surface area contributed by atoms with Gasteiger partial charge in [0.15, 0.2) is 0 Å². The zero-order chi connectivity index (χ0) is 14.7. The molecule has 106 valence electrons. The Labute approximate surface area is 126 Å². The molecule has 1 N–H and O–H groups in total. The van der Waals surface area contributed by atoms with E-state index in [1.165, 1.54) is 11.8 Å². The van der Waals surface area contributed by atoms with Gasteiger partial charge in [-0.2, -0.15) is 5.10 Å². The summed E-state index contributed by atoms with van der Waals surface area (Å²) in [5, 5.41) is 14.6. The van der Waals surface area contributed by atoms with Gasteiger partial charge in [-0.15, -0.1) is 0 Å². The van der Waals surface area contributed by atoms with Crippen LogP contribution in [0, 0.1) is 6.92 Å². The van der Waals surface area contributed by atoms with Gasteiger partial charge in [0.25, 0.3) is 0 Å². The van der Waals surface area contributed by atoms with Crippen molar-refractivity contribution in [1.82, 2.24) is 14.8 Å². The number of carboxylic acids is 1. The van der Waals surface area contributed by atoms with Gasteiger partial charge >= 0.3 is 5.97 Å². The average molecular weight is 312 g/mol. The van der Waals surface area contributed by atoms with E-state index in [4.69, 9.17) is 16.7 Å². The van der Waals surface area contributed by atoms with E-state index in [0.29, 0.717) is 15.8 Å². The molecule has 0 bridgehead atoms. The van der Waals surface area contributed by atoms with E-state index in [2.05, 4.69) is 10.1 Å². The molecule has 0 fully saturated rings. The lowest BCUT2D eigenvalue weighted by Crippen LogP contribution is -2.03. The molecule has 2 heterocycles. The van der Waals surface area contributed by atoms with Crippen molar-refractivity contribution in [1.29, 1.82) is 0 Å². The van der Waals surface area contributed by atoms with Crippen LogP contribution in [-0.2, 0) is 12.3 Å². The van der Waals surface area contributed by atoms with Crippen molar-refractivity contribution >= 4 is 29.3 Å². The summed E-state index contributed by atoms with van der Waals surface area (Å²) < 4.78 is 1.83. The lowest BCUT2D eigenvalue weighted by atomic mass is 10.3. The van der Waals surface area contributed by atoms with Crippen LogP contribution in [0.4, 0.5) is 0 Å². The average Bonchev–Trinajstić information content (AvgIpc) is 2.72. The van der Waals surface area contributed by atoms with Gasteiger partial charge in [-0.25, -0.2) is 9.78 Å². The molecule has 2 aromatic rings. The highest BCUT2D eigenvalue weighted by molar-refractivity contribution is 7.98. The number of hydrogen-bond acceptors (Lipinski definition) is 4. The Morgan fingerprint density at radius 3 is 2.95 bits per heavy atom. The Morgan fingerprint density at radius 1 is 1.55 bits per heavy atom. The first-order chi connectivity index (χ1) is 9.54. The van der Waals surface area contributed by atoms with E-state index < -0.39 is 5.97 Å². The molecule has 0 amide bonds. The van der Waals surface area contributed by atoms with Crippen molar-refractivity contribution in [3.05, 3.63) is 40.3 Å². The summed E-state index contributed by atoms with van der Waals surface area (Å²) in [6.07, 6.45) is 1.58. The van der Waals surface area contributed by atoms with Gasteiger partial charge in [0.2, 0.25) is 0 Å². The minimum Gasteiger partial charge on any atom is -0.478 e. The molecule has 0 aliphatic heterocycles. The van der Waals surface area contributed by atoms with Crippen molar-refractivity contribution in [2.45, 2.75) is 31.2 Å². The summed E-state index contributed by atoms with van der Waals surface area (Å²) in [6, 6.07) is 3.16. The first kappa shape index (κ1) is 14.9. The monoisotopic (exact) mass is 311 g/mol. The summed E-state index contributed by atoms with van der Waals surface area (Å²) in [7, 11) is 0. The van der Waals surface area contributed by atoms with Gasteiger partial charge in [-0.3, -0.25) is 4.68 Å². The molecule has 0 spiro atoms. The molecule has 0 saturated heterocycles. The number of aromatic nitrogens is 3. The van der Waals surface area contributed by atoms with Crippen LogP contribution in [0.1, 0.15) is 28.7 Å². The maximum Gasteiger partial charge on any atom is 0.338 e. The molecule has 0 atom stereocenters. The van der Waals surface area contributed by atoms with Gasteiger partial charge in [0.05, 0.1) is 22.0 Å². The third kappa shape index (κ3) is 2.96. The van der Waals surface area contributed by atoms with Gasteiger partial charge < -0.3 is 5.11 Å². The summed E-state index contributed by atoms with van der Waals surface area (Å²) in [5.41, 5.74) is 1.87. The van der Waals surface area contributed by atoms with Crippen LogP contribution in [0.3, 0.4) is 0 Å². The number of aromatic carboxylic acids is 1.